The van der Waals surface area contributed by atoms with Gasteiger partial charge in [0, 0.05) is 25.2 Å². The predicted molar refractivity (Wildman–Crippen MR) is 88.0 cm³/mol. The molecule has 3 nitrogen and oxygen atoms in total. The number of benzene rings is 1. The van der Waals surface area contributed by atoms with Crippen molar-refractivity contribution < 1.29 is 0 Å². The average Bonchev–Trinajstić information content (AvgIpc) is 2.49. The normalized spacial score (nSPS) is 14.2. The Balaban J connectivity index is 2.38. The largest absolute Gasteiger partial charge is 0.329 e. The zero-order valence-electron chi connectivity index (χ0n) is 13.1. The lowest BCUT2D eigenvalue weighted by Gasteiger charge is -2.23. The summed E-state index contributed by atoms with van der Waals surface area (Å²) in [7, 11) is 0. The van der Waals surface area contributed by atoms with E-state index in [1.54, 1.807) is 0 Å². The van der Waals surface area contributed by atoms with Gasteiger partial charge >= 0.3 is 0 Å². The first-order chi connectivity index (χ1) is 9.80. The Labute approximate surface area is 124 Å². The monoisotopic (exact) mass is 277 g/mol. The third-order valence-corrected chi connectivity index (χ3v) is 3.58. The second-order valence-corrected chi connectivity index (χ2v) is 5.47. The van der Waals surface area contributed by atoms with Crippen LogP contribution in [0.15, 0.2) is 30.3 Å². The van der Waals surface area contributed by atoms with Crippen molar-refractivity contribution in [3.8, 4) is 0 Å². The second kappa shape index (κ2) is 10.8. The second-order valence-electron chi connectivity index (χ2n) is 5.47. The molecular formula is C17H31N3. The molecule has 0 radical (unpaired) electrons. The fourth-order valence-electron chi connectivity index (χ4n) is 2.42. The minimum Gasteiger partial charge on any atom is -0.329 e. The molecule has 1 aromatic rings. The lowest BCUT2D eigenvalue weighted by atomic mass is 10.1. The van der Waals surface area contributed by atoms with E-state index < -0.39 is 0 Å². The Kier molecular flexibility index (Phi) is 9.29. The van der Waals surface area contributed by atoms with Gasteiger partial charge in [-0.3, -0.25) is 0 Å². The van der Waals surface area contributed by atoms with Crippen LogP contribution in [-0.4, -0.2) is 31.7 Å². The molecule has 0 saturated carbocycles. The van der Waals surface area contributed by atoms with E-state index in [2.05, 4.69) is 54.8 Å². The quantitative estimate of drug-likeness (QED) is 0.582. The fraction of sp³-hybridized carbons (Fsp3) is 0.647. The predicted octanol–water partition coefficient (Wildman–Crippen LogP) is 2.31. The number of hydrogen-bond donors (Lipinski definition) is 3. The summed E-state index contributed by atoms with van der Waals surface area (Å²) in [6, 6.07) is 11.5. The van der Waals surface area contributed by atoms with Gasteiger partial charge in [-0.15, -0.1) is 0 Å². The van der Waals surface area contributed by atoms with Crippen LogP contribution < -0.4 is 16.4 Å². The first-order valence-corrected chi connectivity index (χ1v) is 8.00. The first-order valence-electron chi connectivity index (χ1n) is 8.00. The van der Waals surface area contributed by atoms with Gasteiger partial charge in [-0.25, -0.2) is 0 Å². The third-order valence-electron chi connectivity index (χ3n) is 3.58. The molecule has 1 aromatic carbocycles. The SMILES string of the molecule is CCCN[C@H](CCC)CN[C@H](CN)Cc1ccccc1. The molecule has 0 amide bonds. The van der Waals surface area contributed by atoms with Gasteiger partial charge in [0.1, 0.15) is 0 Å². The molecule has 4 N–H and O–H groups in total. The van der Waals surface area contributed by atoms with Crippen LogP contribution in [-0.2, 0) is 6.42 Å². The molecule has 0 bridgehead atoms. The Morgan fingerprint density at radius 2 is 1.75 bits per heavy atom. The first kappa shape index (κ1) is 17.2. The van der Waals surface area contributed by atoms with Crippen molar-refractivity contribution in [1.29, 1.82) is 0 Å². The van der Waals surface area contributed by atoms with E-state index in [9.17, 15) is 0 Å². The molecule has 114 valence electrons. The van der Waals surface area contributed by atoms with E-state index in [1.165, 1.54) is 24.8 Å². The van der Waals surface area contributed by atoms with Crippen molar-refractivity contribution >= 4 is 0 Å². The van der Waals surface area contributed by atoms with Gasteiger partial charge in [0.15, 0.2) is 0 Å². The fourth-order valence-corrected chi connectivity index (χ4v) is 2.42. The molecule has 0 aliphatic heterocycles. The van der Waals surface area contributed by atoms with Crippen LogP contribution >= 0.6 is 0 Å². The standard InChI is InChI=1S/C17H31N3/c1-3-8-16(19-11-4-2)14-20-17(13-18)12-15-9-6-5-7-10-15/h5-7,9-10,16-17,19-20H,3-4,8,11-14,18H2,1-2H3/t16-,17+/m1/s1. The highest BCUT2D eigenvalue weighted by molar-refractivity contribution is 5.16. The van der Waals surface area contributed by atoms with Crippen LogP contribution in [0.5, 0.6) is 0 Å². The summed E-state index contributed by atoms with van der Waals surface area (Å²) in [5.74, 6) is 0. The van der Waals surface area contributed by atoms with E-state index in [4.69, 9.17) is 5.73 Å². The molecule has 0 aromatic heterocycles. The van der Waals surface area contributed by atoms with Crippen LogP contribution in [0.3, 0.4) is 0 Å². The van der Waals surface area contributed by atoms with E-state index >= 15 is 0 Å². The summed E-state index contributed by atoms with van der Waals surface area (Å²) >= 11 is 0. The smallest absolute Gasteiger partial charge is 0.0231 e. The highest BCUT2D eigenvalue weighted by Gasteiger charge is 2.11. The molecule has 0 spiro atoms. The number of hydrogen-bond acceptors (Lipinski definition) is 3. The highest BCUT2D eigenvalue weighted by atomic mass is 15.0. The van der Waals surface area contributed by atoms with Crippen LogP contribution in [0.4, 0.5) is 0 Å². The summed E-state index contributed by atoms with van der Waals surface area (Å²) in [6.45, 7) is 7.23. The van der Waals surface area contributed by atoms with E-state index in [-0.39, 0.29) is 0 Å². The Bertz CT molecular complexity index is 326. The average molecular weight is 277 g/mol. The molecule has 0 saturated heterocycles. The summed E-state index contributed by atoms with van der Waals surface area (Å²) in [5, 5.41) is 7.23. The molecule has 0 heterocycles. The molecule has 1 rings (SSSR count). The van der Waals surface area contributed by atoms with Crippen molar-refractivity contribution in [1.82, 2.24) is 10.6 Å². The number of nitrogens with one attached hydrogen (secondary N) is 2. The summed E-state index contributed by atoms with van der Waals surface area (Å²) in [5.41, 5.74) is 7.25. The van der Waals surface area contributed by atoms with E-state index in [1.807, 2.05) is 0 Å². The molecule has 20 heavy (non-hydrogen) atoms. The lowest BCUT2D eigenvalue weighted by molar-refractivity contribution is 0.410. The van der Waals surface area contributed by atoms with Crippen LogP contribution in [0.25, 0.3) is 0 Å². The summed E-state index contributed by atoms with van der Waals surface area (Å²) in [4.78, 5) is 0. The maximum atomic E-state index is 5.90. The minimum absolute atomic E-state index is 0.361. The van der Waals surface area contributed by atoms with Crippen molar-refractivity contribution in [2.75, 3.05) is 19.6 Å². The van der Waals surface area contributed by atoms with E-state index in [0.29, 0.717) is 18.6 Å². The van der Waals surface area contributed by atoms with Gasteiger partial charge in [-0.2, -0.15) is 0 Å². The van der Waals surface area contributed by atoms with Crippen LogP contribution in [0, 0.1) is 0 Å². The Hall–Kier alpha value is -0.900. The van der Waals surface area contributed by atoms with Crippen molar-refractivity contribution in [3.05, 3.63) is 35.9 Å². The Morgan fingerprint density at radius 1 is 1.00 bits per heavy atom. The van der Waals surface area contributed by atoms with E-state index in [0.717, 1.165) is 19.5 Å². The summed E-state index contributed by atoms with van der Waals surface area (Å²) in [6.07, 6.45) is 4.62. The van der Waals surface area contributed by atoms with Gasteiger partial charge in [0.25, 0.3) is 0 Å². The van der Waals surface area contributed by atoms with Crippen molar-refractivity contribution in [2.24, 2.45) is 5.73 Å². The molecule has 0 unspecified atom stereocenters. The molecular weight excluding hydrogens is 246 g/mol. The zero-order valence-corrected chi connectivity index (χ0v) is 13.1. The molecule has 3 heteroatoms. The van der Waals surface area contributed by atoms with Crippen LogP contribution in [0.2, 0.25) is 0 Å². The van der Waals surface area contributed by atoms with Crippen LogP contribution in [0.1, 0.15) is 38.7 Å². The van der Waals surface area contributed by atoms with Gasteiger partial charge in [-0.1, -0.05) is 50.6 Å². The van der Waals surface area contributed by atoms with Gasteiger partial charge in [0.2, 0.25) is 0 Å². The Morgan fingerprint density at radius 3 is 2.35 bits per heavy atom. The van der Waals surface area contributed by atoms with Gasteiger partial charge < -0.3 is 16.4 Å². The highest BCUT2D eigenvalue weighted by Crippen LogP contribution is 2.03. The molecule has 0 fully saturated rings. The number of rotatable bonds is 11. The van der Waals surface area contributed by atoms with Gasteiger partial charge in [-0.05, 0) is 31.4 Å². The summed E-state index contributed by atoms with van der Waals surface area (Å²) < 4.78 is 0. The zero-order chi connectivity index (χ0) is 14.6. The topological polar surface area (TPSA) is 50.1 Å². The maximum Gasteiger partial charge on any atom is 0.0231 e. The third kappa shape index (κ3) is 7.04. The molecule has 0 aliphatic rings. The number of nitrogens with two attached hydrogens (primary N) is 1. The molecule has 0 aliphatic carbocycles. The molecule has 2 atom stereocenters. The minimum atomic E-state index is 0.361. The van der Waals surface area contributed by atoms with Crippen molar-refractivity contribution in [3.63, 3.8) is 0 Å². The van der Waals surface area contributed by atoms with Gasteiger partial charge in [0.05, 0.1) is 0 Å². The van der Waals surface area contributed by atoms with Crippen molar-refractivity contribution in [2.45, 2.75) is 51.6 Å². The lowest BCUT2D eigenvalue weighted by Crippen LogP contribution is -2.46. The maximum absolute atomic E-state index is 5.90.